The van der Waals surface area contributed by atoms with Crippen LogP contribution in [0, 0.1) is 0 Å². The van der Waals surface area contributed by atoms with Gasteiger partial charge in [0.15, 0.2) is 0 Å². The van der Waals surface area contributed by atoms with Crippen LogP contribution in [0.1, 0.15) is 30.1 Å². The van der Waals surface area contributed by atoms with Crippen LogP contribution in [-0.2, 0) is 0 Å². The zero-order chi connectivity index (χ0) is 14.4. The maximum atomic E-state index is 11.8. The minimum absolute atomic E-state index is 0.0314. The van der Waals surface area contributed by atoms with Gasteiger partial charge < -0.3 is 5.32 Å². The number of carbonyl (C=O) groups excluding carboxylic acids is 2. The van der Waals surface area contributed by atoms with E-state index < -0.39 is 11.9 Å². The van der Waals surface area contributed by atoms with Gasteiger partial charge >= 0.3 is 6.03 Å². The van der Waals surface area contributed by atoms with E-state index in [-0.39, 0.29) is 20.9 Å². The molecule has 5 nitrogen and oxygen atoms in total. The molecule has 0 atom stereocenters. The highest BCUT2D eigenvalue weighted by atomic mass is 35.5. The van der Waals surface area contributed by atoms with Gasteiger partial charge in [-0.1, -0.05) is 48.1 Å². The maximum Gasteiger partial charge on any atom is 0.321 e. The van der Waals surface area contributed by atoms with E-state index in [4.69, 9.17) is 34.8 Å². The lowest BCUT2D eigenvalue weighted by atomic mass is 10.2. The molecular weight excluding hydrogens is 312 g/mol. The van der Waals surface area contributed by atoms with Crippen LogP contribution >= 0.6 is 34.8 Å². The summed E-state index contributed by atoms with van der Waals surface area (Å²) in [5.74, 6) is -0.729. The highest BCUT2D eigenvalue weighted by Gasteiger charge is 2.19. The van der Waals surface area contributed by atoms with Crippen molar-refractivity contribution >= 4 is 46.7 Å². The molecule has 1 heterocycles. The predicted octanol–water partition coefficient (Wildman–Crippen LogP) is 3.28. The van der Waals surface area contributed by atoms with Crippen molar-refractivity contribution in [2.75, 3.05) is 6.54 Å². The van der Waals surface area contributed by atoms with Gasteiger partial charge in [-0.05, 0) is 12.5 Å². The molecule has 0 aliphatic heterocycles. The number of unbranched alkanes of at least 4 members (excludes halogenated alkanes) is 1. The average Bonchev–Trinajstić information content (AvgIpc) is 2.27. The number of pyridine rings is 1. The molecule has 1 aromatic heterocycles. The molecule has 0 aromatic carbocycles. The first-order valence-corrected chi connectivity index (χ1v) is 6.69. The predicted molar refractivity (Wildman–Crippen MR) is 75.0 cm³/mol. The number of carbonyl (C=O) groups is 2. The topological polar surface area (TPSA) is 71.1 Å². The Labute approximate surface area is 125 Å². The number of nitrogens with zero attached hydrogens (tertiary/aromatic N) is 1. The maximum absolute atomic E-state index is 11.8. The van der Waals surface area contributed by atoms with Crippen LogP contribution in [-0.4, -0.2) is 23.5 Å². The van der Waals surface area contributed by atoms with Crippen LogP contribution in [0.3, 0.4) is 0 Å². The Balaban J connectivity index is 2.71. The number of hydrogen-bond donors (Lipinski definition) is 2. The van der Waals surface area contributed by atoms with Gasteiger partial charge in [0.2, 0.25) is 0 Å². The van der Waals surface area contributed by atoms with E-state index in [9.17, 15) is 9.59 Å². The Morgan fingerprint density at radius 1 is 1.32 bits per heavy atom. The summed E-state index contributed by atoms with van der Waals surface area (Å²) in [6, 6.07) is 0.666. The Morgan fingerprint density at radius 3 is 2.58 bits per heavy atom. The van der Waals surface area contributed by atoms with Crippen molar-refractivity contribution < 1.29 is 9.59 Å². The molecule has 0 aliphatic rings. The molecule has 19 heavy (non-hydrogen) atoms. The Hall–Kier alpha value is -1.04. The second kappa shape index (κ2) is 7.53. The summed E-state index contributed by atoms with van der Waals surface area (Å²) in [7, 11) is 0. The molecule has 0 spiro atoms. The normalized spacial score (nSPS) is 10.1. The largest absolute Gasteiger partial charge is 0.338 e. The van der Waals surface area contributed by atoms with E-state index in [1.807, 2.05) is 6.92 Å². The van der Waals surface area contributed by atoms with Crippen molar-refractivity contribution in [3.05, 3.63) is 27.0 Å². The average molecular weight is 325 g/mol. The number of aromatic nitrogens is 1. The summed E-state index contributed by atoms with van der Waals surface area (Å²) in [6.07, 6.45) is 1.76. The van der Waals surface area contributed by atoms with Crippen molar-refractivity contribution in [1.82, 2.24) is 15.6 Å². The zero-order valence-corrected chi connectivity index (χ0v) is 12.4. The fourth-order valence-electron chi connectivity index (χ4n) is 1.25. The van der Waals surface area contributed by atoms with Crippen LogP contribution in [0.5, 0.6) is 0 Å². The first-order chi connectivity index (χ1) is 8.95. The number of hydrogen-bond acceptors (Lipinski definition) is 3. The molecule has 0 fully saturated rings. The lowest BCUT2D eigenvalue weighted by molar-refractivity contribution is 0.0964. The van der Waals surface area contributed by atoms with E-state index in [1.54, 1.807) is 0 Å². The van der Waals surface area contributed by atoms with E-state index in [2.05, 4.69) is 15.6 Å². The minimum atomic E-state index is -0.729. The Kier molecular flexibility index (Phi) is 6.34. The van der Waals surface area contributed by atoms with Crippen LogP contribution in [0.2, 0.25) is 15.3 Å². The van der Waals surface area contributed by atoms with Gasteiger partial charge in [0.25, 0.3) is 5.91 Å². The van der Waals surface area contributed by atoms with Crippen LogP contribution in [0.15, 0.2) is 6.07 Å². The van der Waals surface area contributed by atoms with E-state index in [0.717, 1.165) is 12.8 Å². The molecular formula is C11H12Cl3N3O2. The van der Waals surface area contributed by atoms with Crippen molar-refractivity contribution in [2.24, 2.45) is 0 Å². The molecule has 0 saturated heterocycles. The molecule has 3 amide bonds. The molecule has 0 aliphatic carbocycles. The summed E-state index contributed by atoms with van der Waals surface area (Å²) in [5, 5.41) is 4.59. The standard InChI is InChI=1S/C11H12Cl3N3O2/c1-2-3-4-15-11(19)17-10(18)8-6(12)5-7(13)16-9(8)14/h5H,2-4H2,1H3,(H2,15,17,18,19). The Morgan fingerprint density at radius 2 is 2.00 bits per heavy atom. The van der Waals surface area contributed by atoms with Crippen LogP contribution in [0.4, 0.5) is 4.79 Å². The summed E-state index contributed by atoms with van der Waals surface area (Å²) in [6.45, 7) is 2.47. The summed E-state index contributed by atoms with van der Waals surface area (Å²) in [4.78, 5) is 26.9. The monoisotopic (exact) mass is 323 g/mol. The molecule has 1 aromatic rings. The summed E-state index contributed by atoms with van der Waals surface area (Å²) >= 11 is 17.2. The second-order valence-corrected chi connectivity index (χ2v) is 4.81. The van der Waals surface area contributed by atoms with Crippen LogP contribution in [0.25, 0.3) is 0 Å². The van der Waals surface area contributed by atoms with Crippen LogP contribution < -0.4 is 10.6 Å². The lowest BCUT2D eigenvalue weighted by Gasteiger charge is -2.08. The van der Waals surface area contributed by atoms with E-state index in [0.29, 0.717) is 6.54 Å². The Bertz CT molecular complexity index is 471. The molecule has 0 bridgehead atoms. The lowest BCUT2D eigenvalue weighted by Crippen LogP contribution is -2.40. The number of rotatable bonds is 4. The van der Waals surface area contributed by atoms with Crippen molar-refractivity contribution in [2.45, 2.75) is 19.8 Å². The SMILES string of the molecule is CCCCNC(=O)NC(=O)c1c(Cl)cc(Cl)nc1Cl. The second-order valence-electron chi connectivity index (χ2n) is 3.66. The van der Waals surface area contributed by atoms with Crippen molar-refractivity contribution in [3.8, 4) is 0 Å². The highest BCUT2D eigenvalue weighted by Crippen LogP contribution is 2.25. The van der Waals surface area contributed by atoms with Gasteiger partial charge in [-0.2, -0.15) is 0 Å². The van der Waals surface area contributed by atoms with Crippen molar-refractivity contribution in [3.63, 3.8) is 0 Å². The number of imide groups is 1. The number of nitrogens with one attached hydrogen (secondary N) is 2. The third-order valence-corrected chi connectivity index (χ3v) is 2.93. The number of amides is 3. The minimum Gasteiger partial charge on any atom is -0.338 e. The zero-order valence-electron chi connectivity index (χ0n) is 10.1. The molecule has 8 heteroatoms. The summed E-state index contributed by atoms with van der Waals surface area (Å²) < 4.78 is 0. The van der Waals surface area contributed by atoms with E-state index >= 15 is 0 Å². The third kappa shape index (κ3) is 4.86. The van der Waals surface area contributed by atoms with Gasteiger partial charge in [-0.3, -0.25) is 10.1 Å². The van der Waals surface area contributed by atoms with Gasteiger partial charge in [-0.25, -0.2) is 9.78 Å². The summed E-state index contributed by atoms with van der Waals surface area (Å²) in [5.41, 5.74) is -0.0848. The third-order valence-electron chi connectivity index (χ3n) is 2.17. The number of urea groups is 1. The molecule has 0 unspecified atom stereocenters. The molecule has 2 N–H and O–H groups in total. The smallest absolute Gasteiger partial charge is 0.321 e. The van der Waals surface area contributed by atoms with E-state index in [1.165, 1.54) is 6.07 Å². The van der Waals surface area contributed by atoms with Gasteiger partial charge in [0.05, 0.1) is 10.6 Å². The molecule has 104 valence electrons. The quantitative estimate of drug-likeness (QED) is 0.659. The fraction of sp³-hybridized carbons (Fsp3) is 0.364. The first kappa shape index (κ1) is 16.0. The molecule has 0 radical (unpaired) electrons. The molecule has 0 saturated carbocycles. The first-order valence-electron chi connectivity index (χ1n) is 5.56. The fourth-order valence-corrected chi connectivity index (χ4v) is 2.15. The van der Waals surface area contributed by atoms with Crippen molar-refractivity contribution in [1.29, 1.82) is 0 Å². The van der Waals surface area contributed by atoms with Gasteiger partial charge in [0, 0.05) is 6.54 Å². The van der Waals surface area contributed by atoms with Gasteiger partial charge in [0.1, 0.15) is 10.3 Å². The number of halogens is 3. The molecule has 1 rings (SSSR count). The van der Waals surface area contributed by atoms with Gasteiger partial charge in [-0.15, -0.1) is 0 Å². The highest BCUT2D eigenvalue weighted by molar-refractivity contribution is 6.41.